The smallest absolute Gasteiger partial charge is 0.416 e. The Morgan fingerprint density at radius 1 is 1.12 bits per heavy atom. The predicted octanol–water partition coefficient (Wildman–Crippen LogP) is 7.88. The molecule has 5 nitrogen and oxygen atoms in total. The van der Waals surface area contributed by atoms with E-state index in [1.165, 1.54) is 24.1 Å². The molecule has 0 saturated carbocycles. The van der Waals surface area contributed by atoms with Gasteiger partial charge in [0.15, 0.2) is 0 Å². The first-order valence-electron chi connectivity index (χ1n) is 14.0. The lowest BCUT2D eigenvalue weighted by Crippen LogP contribution is -2.18. The van der Waals surface area contributed by atoms with Gasteiger partial charge in [0.25, 0.3) is 0 Å². The van der Waals surface area contributed by atoms with Crippen LogP contribution in [-0.4, -0.2) is 30.0 Å². The van der Waals surface area contributed by atoms with Crippen molar-refractivity contribution < 1.29 is 22.7 Å². The lowest BCUT2D eigenvalue weighted by Gasteiger charge is -2.24. The maximum Gasteiger partial charge on any atom is 0.416 e. The number of ether oxygens (including phenoxy) is 1. The number of nitrogens with two attached hydrogens (primary N) is 1. The summed E-state index contributed by atoms with van der Waals surface area (Å²) >= 11 is 1.39. The minimum Gasteiger partial charge on any atom is -0.466 e. The van der Waals surface area contributed by atoms with Crippen molar-refractivity contribution >= 4 is 29.3 Å². The van der Waals surface area contributed by atoms with Crippen LogP contribution in [0.15, 0.2) is 53.4 Å². The third-order valence-electron chi connectivity index (χ3n) is 7.57. The monoisotopic (exact) mass is 585 g/mol. The van der Waals surface area contributed by atoms with Gasteiger partial charge in [0, 0.05) is 30.4 Å². The third kappa shape index (κ3) is 7.38. The number of benzene rings is 3. The molecule has 0 aromatic heterocycles. The zero-order valence-electron chi connectivity index (χ0n) is 24.0. The molecule has 1 heterocycles. The highest BCUT2D eigenvalue weighted by atomic mass is 32.2. The van der Waals surface area contributed by atoms with E-state index in [0.717, 1.165) is 65.0 Å². The fourth-order valence-corrected chi connectivity index (χ4v) is 6.46. The Morgan fingerprint density at radius 3 is 2.61 bits per heavy atom. The van der Waals surface area contributed by atoms with E-state index in [1.807, 2.05) is 45.0 Å². The van der Waals surface area contributed by atoms with Crippen LogP contribution in [0.5, 0.6) is 0 Å². The number of halogens is 3. The number of nitrogens with zero attached hydrogens (tertiary/aromatic N) is 1. The average Bonchev–Trinajstić information content (AvgIpc) is 3.12. The van der Waals surface area contributed by atoms with Crippen molar-refractivity contribution in [2.75, 3.05) is 30.7 Å². The van der Waals surface area contributed by atoms with Gasteiger partial charge in [0.2, 0.25) is 0 Å². The van der Waals surface area contributed by atoms with Crippen molar-refractivity contribution in [2.24, 2.45) is 0 Å². The number of alkyl halides is 3. The molecule has 220 valence electrons. The molecule has 1 aliphatic rings. The first kappa shape index (κ1) is 30.8. The van der Waals surface area contributed by atoms with E-state index in [4.69, 9.17) is 10.5 Å². The van der Waals surface area contributed by atoms with Crippen LogP contribution in [0.25, 0.3) is 0 Å². The first-order valence-corrected chi connectivity index (χ1v) is 14.8. The van der Waals surface area contributed by atoms with Crippen molar-refractivity contribution in [3.63, 3.8) is 0 Å². The van der Waals surface area contributed by atoms with E-state index >= 15 is 0 Å². The lowest BCUT2D eigenvalue weighted by atomic mass is 9.84. The molecule has 1 atom stereocenters. The number of carbonyl (C=O) groups is 1. The SMILES string of the molecule is CCNc1ccc(C(CC(=O)OCC)c2ccc(C)c(CN3CCCc4ccc(C(F)(F)F)cc4S3)c2)c(C)c1N. The fraction of sp³-hybridized carbons (Fsp3) is 0.406. The molecular weight excluding hydrogens is 547 g/mol. The Morgan fingerprint density at radius 2 is 1.90 bits per heavy atom. The Bertz CT molecular complexity index is 1390. The maximum atomic E-state index is 13.4. The van der Waals surface area contributed by atoms with Gasteiger partial charge in [0.1, 0.15) is 0 Å². The van der Waals surface area contributed by atoms with Crippen LogP contribution in [0.2, 0.25) is 0 Å². The summed E-state index contributed by atoms with van der Waals surface area (Å²) in [6, 6.07) is 14.2. The highest BCUT2D eigenvalue weighted by Gasteiger charge is 2.32. The molecule has 0 fully saturated rings. The third-order valence-corrected chi connectivity index (χ3v) is 8.72. The molecule has 3 N–H and O–H groups in total. The molecule has 41 heavy (non-hydrogen) atoms. The number of nitrogen functional groups attached to an aromatic ring is 1. The summed E-state index contributed by atoms with van der Waals surface area (Å²) < 4.78 is 47.7. The molecule has 0 amide bonds. The molecule has 0 spiro atoms. The molecule has 0 aliphatic carbocycles. The van der Waals surface area contributed by atoms with E-state index in [2.05, 4.69) is 15.7 Å². The Balaban J connectivity index is 1.67. The van der Waals surface area contributed by atoms with E-state index in [1.54, 1.807) is 13.0 Å². The zero-order chi connectivity index (χ0) is 29.7. The molecule has 0 bridgehead atoms. The largest absolute Gasteiger partial charge is 0.466 e. The molecule has 0 saturated heterocycles. The minimum absolute atomic E-state index is 0.170. The van der Waals surface area contributed by atoms with Gasteiger partial charge in [-0.25, -0.2) is 4.31 Å². The van der Waals surface area contributed by atoms with Gasteiger partial charge in [-0.1, -0.05) is 30.3 Å². The lowest BCUT2D eigenvalue weighted by molar-refractivity contribution is -0.143. The summed E-state index contributed by atoms with van der Waals surface area (Å²) in [6.07, 6.45) is -2.62. The summed E-state index contributed by atoms with van der Waals surface area (Å²) in [5, 5.41) is 3.28. The molecule has 4 rings (SSSR count). The highest BCUT2D eigenvalue weighted by Crippen LogP contribution is 2.39. The number of carbonyl (C=O) groups excluding carboxylic acids is 1. The summed E-state index contributed by atoms with van der Waals surface area (Å²) in [4.78, 5) is 13.4. The second-order valence-corrected chi connectivity index (χ2v) is 11.5. The van der Waals surface area contributed by atoms with Crippen LogP contribution >= 0.6 is 11.9 Å². The van der Waals surface area contributed by atoms with Crippen LogP contribution in [0.1, 0.15) is 71.6 Å². The van der Waals surface area contributed by atoms with E-state index in [9.17, 15) is 18.0 Å². The van der Waals surface area contributed by atoms with Gasteiger partial charge in [0.05, 0.1) is 30.0 Å². The fourth-order valence-electron chi connectivity index (χ4n) is 5.29. The summed E-state index contributed by atoms with van der Waals surface area (Å²) in [5.41, 5.74) is 13.3. The molecule has 3 aromatic carbocycles. The zero-order valence-corrected chi connectivity index (χ0v) is 24.8. The number of esters is 1. The highest BCUT2D eigenvalue weighted by molar-refractivity contribution is 7.97. The number of aryl methyl sites for hydroxylation is 2. The standard InChI is InChI=1S/C32H38F3N3O2S/c1-5-37-28-14-13-26(21(4)31(28)36)27(18-30(39)40-6-2)23-10-9-20(3)24(16-23)19-38-15-7-8-22-11-12-25(32(33,34)35)17-29(22)41-38/h9-14,16-17,27,37H,5-8,15,18-19,36H2,1-4H3. The van der Waals surface area contributed by atoms with Crippen molar-refractivity contribution in [1.29, 1.82) is 0 Å². The van der Waals surface area contributed by atoms with Crippen LogP contribution < -0.4 is 11.1 Å². The maximum absolute atomic E-state index is 13.4. The minimum atomic E-state index is -4.38. The van der Waals surface area contributed by atoms with Gasteiger partial charge >= 0.3 is 12.1 Å². The number of anilines is 2. The van der Waals surface area contributed by atoms with E-state index < -0.39 is 11.7 Å². The first-order chi connectivity index (χ1) is 19.5. The van der Waals surface area contributed by atoms with Crippen molar-refractivity contribution in [2.45, 2.75) is 70.5 Å². The second-order valence-electron chi connectivity index (χ2n) is 10.4. The topological polar surface area (TPSA) is 67.6 Å². The van der Waals surface area contributed by atoms with Crippen LogP contribution in [0.4, 0.5) is 24.5 Å². The molecular formula is C32H38F3N3O2S. The Hall–Kier alpha value is -3.17. The quantitative estimate of drug-likeness (QED) is 0.151. The Labute approximate surface area is 244 Å². The van der Waals surface area contributed by atoms with E-state index in [-0.39, 0.29) is 18.3 Å². The van der Waals surface area contributed by atoms with E-state index in [0.29, 0.717) is 23.7 Å². The van der Waals surface area contributed by atoms with Crippen molar-refractivity contribution in [3.8, 4) is 0 Å². The van der Waals surface area contributed by atoms with Crippen molar-refractivity contribution in [1.82, 2.24) is 4.31 Å². The number of hydrogen-bond donors (Lipinski definition) is 2. The molecule has 0 radical (unpaired) electrons. The molecule has 1 unspecified atom stereocenters. The normalized spacial score (nSPS) is 14.7. The van der Waals surface area contributed by atoms with Gasteiger partial charge in [-0.05, 0) is 104 Å². The summed E-state index contributed by atoms with van der Waals surface area (Å²) in [7, 11) is 0. The molecule has 3 aromatic rings. The van der Waals surface area contributed by atoms with Crippen LogP contribution in [0, 0.1) is 13.8 Å². The average molecular weight is 586 g/mol. The second kappa shape index (κ2) is 13.2. The Kier molecular flexibility index (Phi) is 9.92. The van der Waals surface area contributed by atoms with Crippen molar-refractivity contribution in [3.05, 3.63) is 87.5 Å². The summed E-state index contributed by atoms with van der Waals surface area (Å²) in [5.74, 6) is -0.549. The van der Waals surface area contributed by atoms with Gasteiger partial charge < -0.3 is 15.8 Å². The van der Waals surface area contributed by atoms with Gasteiger partial charge in [-0.2, -0.15) is 13.2 Å². The van der Waals surface area contributed by atoms with Gasteiger partial charge in [-0.3, -0.25) is 4.79 Å². The number of nitrogens with one attached hydrogen (secondary N) is 1. The van der Waals surface area contributed by atoms with Crippen LogP contribution in [-0.2, 0) is 28.7 Å². The molecule has 1 aliphatic heterocycles. The molecule has 9 heteroatoms. The number of rotatable bonds is 9. The van der Waals surface area contributed by atoms with Crippen LogP contribution in [0.3, 0.4) is 0 Å². The van der Waals surface area contributed by atoms with Gasteiger partial charge in [-0.15, -0.1) is 0 Å². The number of fused-ring (bicyclic) bond motifs is 1. The summed E-state index contributed by atoms with van der Waals surface area (Å²) in [6.45, 7) is 10.2. The number of hydrogen-bond acceptors (Lipinski definition) is 6. The predicted molar refractivity (Wildman–Crippen MR) is 160 cm³/mol.